The number of rotatable bonds is 8. The van der Waals surface area contributed by atoms with E-state index in [-0.39, 0.29) is 13.3 Å². The third-order valence-corrected chi connectivity index (χ3v) is 7.36. The van der Waals surface area contributed by atoms with Gasteiger partial charge < -0.3 is 0 Å². The SMILES string of the molecule is C.CCCCCCC(=O)C1CCCCC(c2cccc(C3=Nc4ccccc4C3C)c2)C1. The first-order chi connectivity index (χ1) is 15.2. The van der Waals surface area contributed by atoms with E-state index in [4.69, 9.17) is 4.99 Å². The van der Waals surface area contributed by atoms with Crippen LogP contribution in [0.15, 0.2) is 53.5 Å². The number of fused-ring (bicyclic) bond motifs is 1. The van der Waals surface area contributed by atoms with Crippen LogP contribution in [-0.4, -0.2) is 11.5 Å². The van der Waals surface area contributed by atoms with Crippen molar-refractivity contribution in [3.63, 3.8) is 0 Å². The highest BCUT2D eigenvalue weighted by atomic mass is 16.1. The fourth-order valence-corrected chi connectivity index (χ4v) is 5.48. The fourth-order valence-electron chi connectivity index (χ4n) is 5.48. The van der Waals surface area contributed by atoms with Crippen molar-refractivity contribution in [3.05, 3.63) is 65.2 Å². The quantitative estimate of drug-likeness (QED) is 0.303. The molecule has 1 fully saturated rings. The molecular weight excluding hydrogens is 390 g/mol. The maximum atomic E-state index is 12.9. The summed E-state index contributed by atoms with van der Waals surface area (Å²) in [6.07, 6.45) is 11.3. The minimum Gasteiger partial charge on any atom is -0.299 e. The first-order valence-electron chi connectivity index (χ1n) is 12.5. The van der Waals surface area contributed by atoms with Gasteiger partial charge in [0.25, 0.3) is 0 Å². The molecule has 0 radical (unpaired) electrons. The summed E-state index contributed by atoms with van der Waals surface area (Å²) in [5.41, 5.74) is 6.26. The Hall–Kier alpha value is -2.22. The van der Waals surface area contributed by atoms with Gasteiger partial charge in [-0.3, -0.25) is 9.79 Å². The van der Waals surface area contributed by atoms with Crippen LogP contribution in [-0.2, 0) is 4.79 Å². The average Bonchev–Trinajstić information content (AvgIpc) is 2.97. The summed E-state index contributed by atoms with van der Waals surface area (Å²) in [5, 5.41) is 0. The number of benzene rings is 2. The third-order valence-electron chi connectivity index (χ3n) is 7.36. The normalized spacial score (nSPS) is 22.4. The van der Waals surface area contributed by atoms with Crippen LogP contribution in [0.4, 0.5) is 5.69 Å². The Morgan fingerprint density at radius 1 is 1.00 bits per heavy atom. The number of hydrogen-bond acceptors (Lipinski definition) is 2. The summed E-state index contributed by atoms with van der Waals surface area (Å²) in [7, 11) is 0. The fraction of sp³-hybridized carbons (Fsp3) is 0.533. The number of ketones is 1. The summed E-state index contributed by atoms with van der Waals surface area (Å²) in [5.74, 6) is 1.60. The van der Waals surface area contributed by atoms with Gasteiger partial charge in [0.1, 0.15) is 5.78 Å². The summed E-state index contributed by atoms with van der Waals surface area (Å²) in [6, 6.07) is 17.5. The molecule has 2 aromatic carbocycles. The second kappa shape index (κ2) is 11.6. The zero-order chi connectivity index (χ0) is 21.6. The van der Waals surface area contributed by atoms with Crippen LogP contribution in [0.2, 0.25) is 0 Å². The molecule has 1 aliphatic carbocycles. The number of Topliss-reactive ketones (excluding diaryl/α,β-unsaturated/α-hetero) is 1. The number of unbranched alkanes of at least 4 members (excludes halogenated alkanes) is 3. The molecule has 0 aromatic heterocycles. The van der Waals surface area contributed by atoms with E-state index in [1.165, 1.54) is 60.9 Å². The van der Waals surface area contributed by atoms with Crippen molar-refractivity contribution in [3.8, 4) is 0 Å². The molecule has 172 valence electrons. The Morgan fingerprint density at radius 2 is 1.81 bits per heavy atom. The van der Waals surface area contributed by atoms with Crippen molar-refractivity contribution in [1.82, 2.24) is 0 Å². The van der Waals surface area contributed by atoms with E-state index in [0.717, 1.165) is 31.4 Å². The van der Waals surface area contributed by atoms with E-state index in [0.29, 0.717) is 17.6 Å². The zero-order valence-corrected chi connectivity index (χ0v) is 19.3. The summed E-state index contributed by atoms with van der Waals surface area (Å²) < 4.78 is 0. The van der Waals surface area contributed by atoms with Gasteiger partial charge in [-0.2, -0.15) is 0 Å². The molecule has 2 nitrogen and oxygen atoms in total. The van der Waals surface area contributed by atoms with Gasteiger partial charge in [0.15, 0.2) is 0 Å². The van der Waals surface area contributed by atoms with Crippen LogP contribution < -0.4 is 0 Å². The lowest BCUT2D eigenvalue weighted by Crippen LogP contribution is -2.16. The number of nitrogens with zero attached hydrogens (tertiary/aromatic N) is 1. The number of hydrogen-bond donors (Lipinski definition) is 0. The Balaban J connectivity index is 0.00000289. The van der Waals surface area contributed by atoms with Crippen molar-refractivity contribution >= 4 is 17.2 Å². The van der Waals surface area contributed by atoms with Crippen LogP contribution in [0, 0.1) is 5.92 Å². The highest BCUT2D eigenvalue weighted by molar-refractivity contribution is 6.09. The smallest absolute Gasteiger partial charge is 0.135 e. The second-order valence-corrected chi connectivity index (χ2v) is 9.59. The standard InChI is InChI=1S/C29H37NO.CH4/c1-3-4-5-6-18-28(31)24-13-8-7-12-22(19-24)23-14-11-15-25(20-23)29-21(2)26-16-9-10-17-27(26)30-29;/h9-11,14-17,20-22,24H,3-8,12-13,18-19H2,1-2H3;1H4. The predicted octanol–water partition coefficient (Wildman–Crippen LogP) is 8.76. The van der Waals surface area contributed by atoms with E-state index < -0.39 is 0 Å². The van der Waals surface area contributed by atoms with E-state index in [2.05, 4.69) is 62.4 Å². The number of para-hydroxylation sites is 1. The van der Waals surface area contributed by atoms with E-state index >= 15 is 0 Å². The van der Waals surface area contributed by atoms with Gasteiger partial charge in [-0.25, -0.2) is 0 Å². The monoisotopic (exact) mass is 431 g/mol. The highest BCUT2D eigenvalue weighted by Crippen LogP contribution is 2.39. The highest BCUT2D eigenvalue weighted by Gasteiger charge is 2.28. The minimum absolute atomic E-state index is 0. The van der Waals surface area contributed by atoms with Crippen molar-refractivity contribution < 1.29 is 4.79 Å². The molecule has 4 rings (SSSR count). The van der Waals surface area contributed by atoms with Gasteiger partial charge in [-0.1, -0.05) is 89.8 Å². The molecule has 3 unspecified atom stereocenters. The molecule has 1 aliphatic heterocycles. The molecule has 32 heavy (non-hydrogen) atoms. The lowest BCUT2D eigenvalue weighted by Gasteiger charge is -2.21. The van der Waals surface area contributed by atoms with Gasteiger partial charge >= 0.3 is 0 Å². The maximum Gasteiger partial charge on any atom is 0.135 e. The minimum atomic E-state index is 0. The lowest BCUT2D eigenvalue weighted by molar-refractivity contribution is -0.123. The molecule has 1 saturated carbocycles. The molecular formula is C30H41NO. The van der Waals surface area contributed by atoms with Crippen LogP contribution in [0.3, 0.4) is 0 Å². The first-order valence-corrected chi connectivity index (χ1v) is 12.5. The van der Waals surface area contributed by atoms with Crippen molar-refractivity contribution in [2.45, 2.75) is 97.3 Å². The van der Waals surface area contributed by atoms with Gasteiger partial charge in [0.05, 0.1) is 11.4 Å². The van der Waals surface area contributed by atoms with Gasteiger partial charge in [-0.15, -0.1) is 0 Å². The Kier molecular flexibility index (Phi) is 8.84. The first kappa shape index (κ1) is 24.4. The van der Waals surface area contributed by atoms with E-state index in [9.17, 15) is 4.79 Å². The van der Waals surface area contributed by atoms with Crippen LogP contribution in [0.5, 0.6) is 0 Å². The second-order valence-electron chi connectivity index (χ2n) is 9.59. The largest absolute Gasteiger partial charge is 0.299 e. The topological polar surface area (TPSA) is 29.4 Å². The van der Waals surface area contributed by atoms with Crippen LogP contribution >= 0.6 is 0 Å². The summed E-state index contributed by atoms with van der Waals surface area (Å²) in [4.78, 5) is 17.9. The molecule has 3 atom stereocenters. The molecule has 0 amide bonds. The lowest BCUT2D eigenvalue weighted by atomic mass is 9.83. The van der Waals surface area contributed by atoms with Crippen LogP contribution in [0.1, 0.15) is 114 Å². The van der Waals surface area contributed by atoms with Gasteiger partial charge in [0, 0.05) is 18.3 Å². The summed E-state index contributed by atoms with van der Waals surface area (Å²) >= 11 is 0. The predicted molar refractivity (Wildman–Crippen MR) is 137 cm³/mol. The molecule has 2 heteroatoms. The maximum absolute atomic E-state index is 12.9. The molecule has 2 aliphatic rings. The van der Waals surface area contributed by atoms with Gasteiger partial charge in [-0.05, 0) is 60.4 Å². The Bertz CT molecular complexity index is 928. The number of carbonyl (C=O) groups is 1. The molecule has 0 N–H and O–H groups in total. The summed E-state index contributed by atoms with van der Waals surface area (Å²) in [6.45, 7) is 4.48. The van der Waals surface area contributed by atoms with E-state index in [1.54, 1.807) is 0 Å². The van der Waals surface area contributed by atoms with Crippen molar-refractivity contribution in [2.24, 2.45) is 10.9 Å². The average molecular weight is 432 g/mol. The zero-order valence-electron chi connectivity index (χ0n) is 19.3. The Labute approximate surface area is 195 Å². The number of carbonyl (C=O) groups excluding carboxylic acids is 1. The van der Waals surface area contributed by atoms with Crippen molar-refractivity contribution in [1.29, 1.82) is 0 Å². The Morgan fingerprint density at radius 3 is 2.62 bits per heavy atom. The molecule has 0 saturated heterocycles. The molecule has 0 bridgehead atoms. The van der Waals surface area contributed by atoms with Crippen molar-refractivity contribution in [2.75, 3.05) is 0 Å². The molecule has 0 spiro atoms. The molecule has 2 aromatic rings. The van der Waals surface area contributed by atoms with Crippen LogP contribution in [0.25, 0.3) is 0 Å². The van der Waals surface area contributed by atoms with E-state index in [1.807, 2.05) is 0 Å². The van der Waals surface area contributed by atoms with Gasteiger partial charge in [0.2, 0.25) is 0 Å². The third kappa shape index (κ3) is 5.57. The number of aliphatic imine (C=N–C) groups is 1. The molecule has 1 heterocycles.